The number of carbonyl (C=O) groups excluding carboxylic acids is 1. The van der Waals surface area contributed by atoms with E-state index < -0.39 is 0 Å². The Morgan fingerprint density at radius 3 is 2.85 bits per heavy atom. The summed E-state index contributed by atoms with van der Waals surface area (Å²) in [6.45, 7) is 0. The van der Waals surface area contributed by atoms with Crippen LogP contribution in [0, 0.1) is 0 Å². The number of Topliss-reactive ketones (excluding diaryl/α,β-unsaturated/α-hetero) is 1. The van der Waals surface area contributed by atoms with E-state index in [0.717, 1.165) is 39.6 Å². The van der Waals surface area contributed by atoms with Gasteiger partial charge in [-0.15, -0.1) is 0 Å². The van der Waals surface area contributed by atoms with Crippen molar-refractivity contribution in [1.82, 2.24) is 10.2 Å². The van der Waals surface area contributed by atoms with E-state index in [2.05, 4.69) is 10.2 Å². The number of nitrogens with zero attached hydrogens (tertiary/aromatic N) is 1. The van der Waals surface area contributed by atoms with Gasteiger partial charge in [0.1, 0.15) is 0 Å². The highest BCUT2D eigenvalue weighted by atomic mass is 35.5. The van der Waals surface area contributed by atoms with Crippen molar-refractivity contribution in [1.29, 1.82) is 0 Å². The van der Waals surface area contributed by atoms with Crippen LogP contribution in [0.3, 0.4) is 0 Å². The van der Waals surface area contributed by atoms with Crippen molar-refractivity contribution in [3.05, 3.63) is 52.7 Å². The van der Waals surface area contributed by atoms with Gasteiger partial charge in [0, 0.05) is 28.0 Å². The van der Waals surface area contributed by atoms with Crippen LogP contribution in [0.15, 0.2) is 36.5 Å². The van der Waals surface area contributed by atoms with Gasteiger partial charge >= 0.3 is 0 Å². The van der Waals surface area contributed by atoms with Crippen LogP contribution in [0.2, 0.25) is 5.02 Å². The average Bonchev–Trinajstić information content (AvgIpc) is 3.04. The van der Waals surface area contributed by atoms with Gasteiger partial charge in [0.25, 0.3) is 0 Å². The van der Waals surface area contributed by atoms with Gasteiger partial charge in [-0.3, -0.25) is 9.89 Å². The van der Waals surface area contributed by atoms with Gasteiger partial charge < -0.3 is 0 Å². The maximum atomic E-state index is 11.9. The Balaban J connectivity index is 2.00. The number of hydrogen-bond acceptors (Lipinski definition) is 2. The number of benzene rings is 2. The zero-order valence-electron chi connectivity index (χ0n) is 10.6. The Morgan fingerprint density at radius 2 is 1.95 bits per heavy atom. The van der Waals surface area contributed by atoms with Gasteiger partial charge in [-0.25, -0.2) is 0 Å². The van der Waals surface area contributed by atoms with Gasteiger partial charge in [-0.1, -0.05) is 29.8 Å². The number of H-pyrrole nitrogens is 1. The quantitative estimate of drug-likeness (QED) is 0.733. The first-order valence-electron chi connectivity index (χ1n) is 6.52. The molecule has 1 N–H and O–H groups in total. The fourth-order valence-corrected chi connectivity index (χ4v) is 3.19. The number of carbonyl (C=O) groups is 1. The van der Waals surface area contributed by atoms with Crippen LogP contribution in [0.4, 0.5) is 0 Å². The summed E-state index contributed by atoms with van der Waals surface area (Å²) < 4.78 is 0. The molecule has 98 valence electrons. The summed E-state index contributed by atoms with van der Waals surface area (Å²) in [5.74, 6) is 0.223. The minimum Gasteiger partial charge on any atom is -0.294 e. The van der Waals surface area contributed by atoms with E-state index in [0.29, 0.717) is 11.4 Å². The second kappa shape index (κ2) is 4.18. The molecule has 1 aliphatic carbocycles. The van der Waals surface area contributed by atoms with Crippen LogP contribution >= 0.6 is 11.6 Å². The molecule has 4 heteroatoms. The smallest absolute Gasteiger partial charge is 0.163 e. The van der Waals surface area contributed by atoms with E-state index in [4.69, 9.17) is 11.6 Å². The monoisotopic (exact) mass is 282 g/mol. The predicted molar refractivity (Wildman–Crippen MR) is 79.2 cm³/mol. The third-order valence-corrected chi connectivity index (χ3v) is 4.21. The van der Waals surface area contributed by atoms with Gasteiger partial charge in [0.05, 0.1) is 11.7 Å². The van der Waals surface area contributed by atoms with E-state index in [9.17, 15) is 4.79 Å². The van der Waals surface area contributed by atoms with Gasteiger partial charge in [-0.2, -0.15) is 5.10 Å². The summed E-state index contributed by atoms with van der Waals surface area (Å²) >= 11 is 6.41. The molecule has 0 radical (unpaired) electrons. The maximum Gasteiger partial charge on any atom is 0.163 e. The summed E-state index contributed by atoms with van der Waals surface area (Å²) in [6.07, 6.45) is 3.14. The van der Waals surface area contributed by atoms with Crippen molar-refractivity contribution >= 4 is 28.3 Å². The largest absolute Gasteiger partial charge is 0.294 e. The summed E-state index contributed by atoms with van der Waals surface area (Å²) in [4.78, 5) is 11.9. The fraction of sp³-hybridized carbons (Fsp3) is 0.125. The van der Waals surface area contributed by atoms with Crippen LogP contribution in [-0.2, 0) is 6.42 Å². The number of ketones is 1. The first-order chi connectivity index (χ1) is 9.74. The molecule has 0 saturated carbocycles. The third kappa shape index (κ3) is 1.60. The zero-order chi connectivity index (χ0) is 13.7. The van der Waals surface area contributed by atoms with E-state index in [1.165, 1.54) is 0 Å². The Morgan fingerprint density at radius 1 is 1.10 bits per heavy atom. The zero-order valence-corrected chi connectivity index (χ0v) is 11.4. The van der Waals surface area contributed by atoms with Crippen molar-refractivity contribution in [2.75, 3.05) is 0 Å². The highest BCUT2D eigenvalue weighted by Gasteiger charge is 2.23. The fourth-order valence-electron chi connectivity index (χ4n) is 2.91. The SMILES string of the molecule is O=C1CCc2c1cccc2-c1cc2[nH]ncc2cc1Cl. The number of aromatic nitrogens is 2. The van der Waals surface area contributed by atoms with Crippen molar-refractivity contribution in [2.24, 2.45) is 0 Å². The van der Waals surface area contributed by atoms with Crippen LogP contribution in [0.1, 0.15) is 22.3 Å². The normalized spacial score (nSPS) is 13.9. The summed E-state index contributed by atoms with van der Waals surface area (Å²) in [5.41, 5.74) is 4.90. The number of halogens is 1. The van der Waals surface area contributed by atoms with Crippen LogP contribution in [0.5, 0.6) is 0 Å². The molecule has 0 unspecified atom stereocenters. The molecule has 1 heterocycles. The minimum absolute atomic E-state index is 0.223. The van der Waals surface area contributed by atoms with Crippen molar-refractivity contribution in [3.63, 3.8) is 0 Å². The molecule has 0 amide bonds. The first kappa shape index (κ1) is 11.7. The minimum atomic E-state index is 0.223. The van der Waals surface area contributed by atoms with Crippen LogP contribution < -0.4 is 0 Å². The lowest BCUT2D eigenvalue weighted by molar-refractivity contribution is 0.0994. The van der Waals surface area contributed by atoms with E-state index in [1.54, 1.807) is 6.20 Å². The van der Waals surface area contributed by atoms with Crippen LogP contribution in [-0.4, -0.2) is 16.0 Å². The number of hydrogen-bond donors (Lipinski definition) is 1. The lowest BCUT2D eigenvalue weighted by atomic mass is 9.96. The Kier molecular flexibility index (Phi) is 2.44. The first-order valence-corrected chi connectivity index (χ1v) is 6.90. The maximum absolute atomic E-state index is 11.9. The van der Waals surface area contributed by atoms with E-state index in [-0.39, 0.29) is 5.78 Å². The van der Waals surface area contributed by atoms with Crippen LogP contribution in [0.25, 0.3) is 22.0 Å². The number of aromatic amines is 1. The predicted octanol–water partition coefficient (Wildman–Crippen LogP) is 4.01. The molecule has 0 fully saturated rings. The molecule has 0 bridgehead atoms. The highest BCUT2D eigenvalue weighted by molar-refractivity contribution is 6.34. The van der Waals surface area contributed by atoms with Gasteiger partial charge in [-0.05, 0) is 29.7 Å². The van der Waals surface area contributed by atoms with E-state index in [1.807, 2.05) is 30.3 Å². The van der Waals surface area contributed by atoms with Crippen molar-refractivity contribution in [2.45, 2.75) is 12.8 Å². The van der Waals surface area contributed by atoms with Gasteiger partial charge in [0.15, 0.2) is 5.78 Å². The Bertz CT molecular complexity index is 851. The molecule has 0 saturated heterocycles. The molecule has 4 rings (SSSR count). The van der Waals surface area contributed by atoms with E-state index >= 15 is 0 Å². The third-order valence-electron chi connectivity index (χ3n) is 3.90. The number of rotatable bonds is 1. The molecule has 0 atom stereocenters. The van der Waals surface area contributed by atoms with Crippen molar-refractivity contribution in [3.8, 4) is 11.1 Å². The molecule has 0 aliphatic heterocycles. The number of fused-ring (bicyclic) bond motifs is 2. The van der Waals surface area contributed by atoms with Crippen molar-refractivity contribution < 1.29 is 4.79 Å². The Hall–Kier alpha value is -2.13. The molecular weight excluding hydrogens is 272 g/mol. The second-order valence-electron chi connectivity index (χ2n) is 5.04. The molecular formula is C16H11ClN2O. The molecule has 1 aliphatic rings. The molecule has 2 aromatic carbocycles. The second-order valence-corrected chi connectivity index (χ2v) is 5.45. The summed E-state index contributed by atoms with van der Waals surface area (Å²) in [7, 11) is 0. The molecule has 3 nitrogen and oxygen atoms in total. The van der Waals surface area contributed by atoms with Gasteiger partial charge in [0.2, 0.25) is 0 Å². The highest BCUT2D eigenvalue weighted by Crippen LogP contribution is 2.37. The molecule has 0 spiro atoms. The average molecular weight is 283 g/mol. The standard InChI is InChI=1S/C16H11ClN2O/c17-14-6-9-8-18-19-15(9)7-13(14)10-2-1-3-12-11(10)4-5-16(12)20/h1-3,6-8H,4-5H2,(H,18,19). The molecule has 1 aromatic heterocycles. The molecule has 3 aromatic rings. The summed E-state index contributed by atoms with van der Waals surface area (Å²) in [6, 6.07) is 9.76. The number of nitrogens with one attached hydrogen (secondary N) is 1. The lowest BCUT2D eigenvalue weighted by Gasteiger charge is -2.10. The molecule has 20 heavy (non-hydrogen) atoms. The summed E-state index contributed by atoms with van der Waals surface area (Å²) in [5, 5.41) is 8.66. The topological polar surface area (TPSA) is 45.8 Å². The Labute approximate surface area is 120 Å². The lowest BCUT2D eigenvalue weighted by Crippen LogP contribution is -1.92.